The Hall–Kier alpha value is -2.63. The molecule has 0 fully saturated rings. The van der Waals surface area contributed by atoms with E-state index in [-0.39, 0.29) is 12.1 Å². The lowest BCUT2D eigenvalue weighted by atomic mass is 10.1. The molecular weight excluding hydrogens is 291 g/mol. The molecule has 0 aliphatic heterocycles. The third-order valence-corrected chi connectivity index (χ3v) is 3.26. The molecule has 3 rings (SSSR count). The van der Waals surface area contributed by atoms with Crippen LogP contribution in [-0.2, 0) is 12.7 Å². The summed E-state index contributed by atoms with van der Waals surface area (Å²) in [5, 5.41) is 7.92. The van der Waals surface area contributed by atoms with Gasteiger partial charge in [-0.25, -0.2) is 4.68 Å². The minimum Gasteiger partial charge on any atom is -0.247 e. The molecule has 0 aliphatic carbocycles. The molecule has 0 bridgehead atoms. The first-order chi connectivity index (χ1) is 10.5. The lowest BCUT2D eigenvalue weighted by molar-refractivity contribution is -0.138. The molecule has 0 amide bonds. The molecule has 1 heterocycles. The van der Waals surface area contributed by atoms with E-state index in [4.69, 9.17) is 0 Å². The number of benzene rings is 2. The van der Waals surface area contributed by atoms with Crippen molar-refractivity contribution in [2.75, 3.05) is 0 Å². The van der Waals surface area contributed by atoms with Crippen LogP contribution in [0.2, 0.25) is 0 Å². The fourth-order valence-corrected chi connectivity index (χ4v) is 2.23. The van der Waals surface area contributed by atoms with Crippen LogP contribution in [0.5, 0.6) is 0 Å². The van der Waals surface area contributed by atoms with Crippen molar-refractivity contribution in [3.63, 3.8) is 0 Å². The predicted molar refractivity (Wildman–Crippen MR) is 76.0 cm³/mol. The summed E-state index contributed by atoms with van der Waals surface area (Å²) in [4.78, 5) is 0. The minimum atomic E-state index is -4.38. The lowest BCUT2D eigenvalue weighted by Gasteiger charge is -2.12. The lowest BCUT2D eigenvalue weighted by Crippen LogP contribution is -2.11. The first-order valence-corrected chi connectivity index (χ1v) is 6.65. The van der Waals surface area contributed by atoms with Crippen molar-refractivity contribution in [2.45, 2.75) is 12.7 Å². The van der Waals surface area contributed by atoms with Crippen LogP contribution in [0.4, 0.5) is 13.2 Å². The van der Waals surface area contributed by atoms with Crippen LogP contribution in [0.15, 0.2) is 60.8 Å². The van der Waals surface area contributed by atoms with E-state index in [1.165, 1.54) is 16.8 Å². The van der Waals surface area contributed by atoms with Crippen LogP contribution in [-0.4, -0.2) is 15.0 Å². The summed E-state index contributed by atoms with van der Waals surface area (Å²) in [5.74, 6) is 0. The van der Waals surface area contributed by atoms with Gasteiger partial charge < -0.3 is 0 Å². The number of hydrogen-bond acceptors (Lipinski definition) is 2. The van der Waals surface area contributed by atoms with E-state index >= 15 is 0 Å². The van der Waals surface area contributed by atoms with Gasteiger partial charge in [0.1, 0.15) is 5.69 Å². The van der Waals surface area contributed by atoms with Crippen molar-refractivity contribution in [3.8, 4) is 11.3 Å². The number of aromatic nitrogens is 3. The molecule has 0 unspecified atom stereocenters. The quantitative estimate of drug-likeness (QED) is 0.732. The van der Waals surface area contributed by atoms with Gasteiger partial charge in [0, 0.05) is 5.56 Å². The second-order valence-electron chi connectivity index (χ2n) is 4.82. The highest BCUT2D eigenvalue weighted by molar-refractivity contribution is 5.57. The topological polar surface area (TPSA) is 30.7 Å². The maximum absolute atomic E-state index is 13.0. The largest absolute Gasteiger partial charge is 0.416 e. The van der Waals surface area contributed by atoms with E-state index < -0.39 is 11.7 Å². The molecular formula is C16H12F3N3. The molecule has 3 aromatic rings. The van der Waals surface area contributed by atoms with Crippen LogP contribution in [0.1, 0.15) is 11.1 Å². The highest BCUT2D eigenvalue weighted by atomic mass is 19.4. The zero-order chi connectivity index (χ0) is 15.6. The molecule has 0 atom stereocenters. The molecule has 22 heavy (non-hydrogen) atoms. The number of nitrogens with zero attached hydrogens (tertiary/aromatic N) is 3. The number of hydrogen-bond donors (Lipinski definition) is 0. The van der Waals surface area contributed by atoms with Gasteiger partial charge in [-0.15, -0.1) is 5.10 Å². The highest BCUT2D eigenvalue weighted by Crippen LogP contribution is 2.32. The summed E-state index contributed by atoms with van der Waals surface area (Å²) in [6.07, 6.45) is -2.73. The maximum atomic E-state index is 13.0. The van der Waals surface area contributed by atoms with Crippen molar-refractivity contribution in [2.24, 2.45) is 0 Å². The van der Waals surface area contributed by atoms with Gasteiger partial charge in [0.15, 0.2) is 0 Å². The smallest absolute Gasteiger partial charge is 0.247 e. The normalized spacial score (nSPS) is 11.6. The molecule has 0 N–H and O–H groups in total. The molecule has 0 radical (unpaired) electrons. The van der Waals surface area contributed by atoms with Gasteiger partial charge in [-0.3, -0.25) is 0 Å². The maximum Gasteiger partial charge on any atom is 0.416 e. The van der Waals surface area contributed by atoms with Gasteiger partial charge in [-0.05, 0) is 11.6 Å². The third kappa shape index (κ3) is 3.00. The van der Waals surface area contributed by atoms with Gasteiger partial charge in [-0.1, -0.05) is 53.7 Å². The minimum absolute atomic E-state index is 0.0233. The van der Waals surface area contributed by atoms with Crippen LogP contribution in [0, 0.1) is 0 Å². The molecule has 0 saturated carbocycles. The van der Waals surface area contributed by atoms with E-state index in [1.54, 1.807) is 12.3 Å². The van der Waals surface area contributed by atoms with Crippen LogP contribution in [0.3, 0.4) is 0 Å². The van der Waals surface area contributed by atoms with Crippen molar-refractivity contribution in [3.05, 3.63) is 71.9 Å². The van der Waals surface area contributed by atoms with Crippen molar-refractivity contribution < 1.29 is 13.2 Å². The zero-order valence-corrected chi connectivity index (χ0v) is 11.5. The number of rotatable bonds is 3. The van der Waals surface area contributed by atoms with Crippen LogP contribution >= 0.6 is 0 Å². The van der Waals surface area contributed by atoms with E-state index in [0.29, 0.717) is 5.69 Å². The van der Waals surface area contributed by atoms with E-state index in [1.807, 2.05) is 30.3 Å². The Bertz CT molecular complexity index is 764. The summed E-state index contributed by atoms with van der Waals surface area (Å²) in [5.41, 5.74) is 1.02. The van der Waals surface area contributed by atoms with Gasteiger partial charge >= 0.3 is 6.18 Å². The SMILES string of the molecule is FC(F)(F)c1ccccc1Cn1cc(-c2ccccc2)nn1. The summed E-state index contributed by atoms with van der Waals surface area (Å²) in [7, 11) is 0. The van der Waals surface area contributed by atoms with Crippen molar-refractivity contribution in [1.29, 1.82) is 0 Å². The molecule has 6 heteroatoms. The summed E-state index contributed by atoms with van der Waals surface area (Å²) in [6.45, 7) is 0.0233. The second kappa shape index (κ2) is 5.63. The Morgan fingerprint density at radius 2 is 1.59 bits per heavy atom. The molecule has 0 spiro atoms. The van der Waals surface area contributed by atoms with E-state index in [0.717, 1.165) is 11.6 Å². The monoisotopic (exact) mass is 303 g/mol. The van der Waals surface area contributed by atoms with E-state index in [2.05, 4.69) is 10.3 Å². The van der Waals surface area contributed by atoms with Crippen molar-refractivity contribution in [1.82, 2.24) is 15.0 Å². The first kappa shape index (κ1) is 14.3. The third-order valence-electron chi connectivity index (χ3n) is 3.26. The summed E-state index contributed by atoms with van der Waals surface area (Å²) >= 11 is 0. The standard InChI is InChI=1S/C16H12F3N3/c17-16(18,19)14-9-5-4-8-13(14)10-22-11-15(20-21-22)12-6-2-1-3-7-12/h1-9,11H,10H2. The average molecular weight is 303 g/mol. The van der Waals surface area contributed by atoms with Crippen LogP contribution < -0.4 is 0 Å². The molecule has 112 valence electrons. The molecule has 0 saturated heterocycles. The molecule has 2 aromatic carbocycles. The highest BCUT2D eigenvalue weighted by Gasteiger charge is 2.32. The van der Waals surface area contributed by atoms with Gasteiger partial charge in [0.05, 0.1) is 18.3 Å². The Balaban J connectivity index is 1.88. The molecule has 1 aromatic heterocycles. The van der Waals surface area contributed by atoms with Gasteiger partial charge in [0.25, 0.3) is 0 Å². The predicted octanol–water partition coefficient (Wildman–Crippen LogP) is 4.01. The molecule has 0 aliphatic rings. The fraction of sp³-hybridized carbons (Fsp3) is 0.125. The Morgan fingerprint density at radius 1 is 0.909 bits per heavy atom. The van der Waals surface area contributed by atoms with Gasteiger partial charge in [-0.2, -0.15) is 13.2 Å². The zero-order valence-electron chi connectivity index (χ0n) is 11.5. The first-order valence-electron chi connectivity index (χ1n) is 6.65. The Morgan fingerprint density at radius 3 is 2.32 bits per heavy atom. The Kier molecular flexibility index (Phi) is 3.66. The van der Waals surface area contributed by atoms with E-state index in [9.17, 15) is 13.2 Å². The Labute approximate surface area is 125 Å². The average Bonchev–Trinajstić information content (AvgIpc) is 2.96. The van der Waals surface area contributed by atoms with Gasteiger partial charge in [0.2, 0.25) is 0 Å². The fourth-order valence-electron chi connectivity index (χ4n) is 2.23. The summed E-state index contributed by atoms with van der Waals surface area (Å²) < 4.78 is 40.3. The number of alkyl halides is 3. The second-order valence-corrected chi connectivity index (χ2v) is 4.82. The molecule has 3 nitrogen and oxygen atoms in total. The summed E-state index contributed by atoms with van der Waals surface area (Å²) in [6, 6.07) is 14.9. The van der Waals surface area contributed by atoms with Crippen LogP contribution in [0.25, 0.3) is 11.3 Å². The van der Waals surface area contributed by atoms with Crippen molar-refractivity contribution >= 4 is 0 Å². The number of halogens is 3.